The molecule has 0 aromatic heterocycles. The number of piperazine rings is 1. The summed E-state index contributed by atoms with van der Waals surface area (Å²) < 4.78 is 5.45. The number of amides is 2. The topological polar surface area (TPSA) is 49.9 Å². The molecule has 2 amide bonds. The lowest BCUT2D eigenvalue weighted by Gasteiger charge is -2.32. The van der Waals surface area contributed by atoms with Gasteiger partial charge in [-0.15, -0.1) is 0 Å². The quantitative estimate of drug-likeness (QED) is 0.618. The molecule has 2 heterocycles. The molecule has 2 aliphatic heterocycles. The maximum atomic E-state index is 11.6. The standard InChI is InChI=1S/C10H16N2O3/c1-11-6-10(14)12(7-9(11)13)5-8-3-2-4-15-8/h8H,2-7H2,1H3. The van der Waals surface area contributed by atoms with E-state index in [1.165, 1.54) is 4.90 Å². The maximum Gasteiger partial charge on any atom is 0.242 e. The van der Waals surface area contributed by atoms with E-state index in [1.54, 1.807) is 11.9 Å². The summed E-state index contributed by atoms with van der Waals surface area (Å²) >= 11 is 0. The lowest BCUT2D eigenvalue weighted by molar-refractivity contribution is -0.150. The molecule has 2 aliphatic rings. The molecule has 2 saturated heterocycles. The van der Waals surface area contributed by atoms with Crippen LogP contribution in [0.2, 0.25) is 0 Å². The van der Waals surface area contributed by atoms with Gasteiger partial charge in [-0.25, -0.2) is 0 Å². The van der Waals surface area contributed by atoms with Gasteiger partial charge in [-0.2, -0.15) is 0 Å². The number of carbonyl (C=O) groups is 2. The molecule has 2 rings (SSSR count). The lowest BCUT2D eigenvalue weighted by atomic mass is 10.2. The van der Waals surface area contributed by atoms with Gasteiger partial charge < -0.3 is 14.5 Å². The van der Waals surface area contributed by atoms with Crippen molar-refractivity contribution in [3.63, 3.8) is 0 Å². The van der Waals surface area contributed by atoms with Crippen molar-refractivity contribution in [2.24, 2.45) is 0 Å². The van der Waals surface area contributed by atoms with E-state index in [9.17, 15) is 9.59 Å². The highest BCUT2D eigenvalue weighted by Gasteiger charge is 2.30. The van der Waals surface area contributed by atoms with Crippen molar-refractivity contribution < 1.29 is 14.3 Å². The van der Waals surface area contributed by atoms with Gasteiger partial charge in [-0.3, -0.25) is 9.59 Å². The van der Waals surface area contributed by atoms with Crippen LogP contribution in [-0.4, -0.2) is 61.0 Å². The van der Waals surface area contributed by atoms with Crippen LogP contribution in [0, 0.1) is 0 Å². The number of carbonyl (C=O) groups excluding carboxylic acids is 2. The molecule has 1 atom stereocenters. The van der Waals surface area contributed by atoms with Crippen molar-refractivity contribution in [1.82, 2.24) is 9.80 Å². The number of hydrogen-bond acceptors (Lipinski definition) is 3. The molecule has 1 unspecified atom stereocenters. The third kappa shape index (κ3) is 2.28. The van der Waals surface area contributed by atoms with Crippen LogP contribution < -0.4 is 0 Å². The molecule has 15 heavy (non-hydrogen) atoms. The largest absolute Gasteiger partial charge is 0.376 e. The molecule has 0 radical (unpaired) electrons. The minimum absolute atomic E-state index is 0.00703. The first-order valence-electron chi connectivity index (χ1n) is 5.30. The van der Waals surface area contributed by atoms with Gasteiger partial charge in [0.2, 0.25) is 11.8 Å². The third-order valence-electron chi connectivity index (χ3n) is 2.93. The minimum atomic E-state index is 0.00703. The molecule has 5 heteroatoms. The molecule has 0 spiro atoms. The summed E-state index contributed by atoms with van der Waals surface area (Å²) in [5.41, 5.74) is 0. The van der Waals surface area contributed by atoms with Gasteiger partial charge in [-0.1, -0.05) is 0 Å². The van der Waals surface area contributed by atoms with Crippen LogP contribution in [0.4, 0.5) is 0 Å². The highest BCUT2D eigenvalue weighted by atomic mass is 16.5. The summed E-state index contributed by atoms with van der Waals surface area (Å²) in [5.74, 6) is 0.0280. The highest BCUT2D eigenvalue weighted by Crippen LogP contribution is 2.14. The first-order valence-corrected chi connectivity index (χ1v) is 5.30. The molecule has 0 saturated carbocycles. The molecular weight excluding hydrogens is 196 g/mol. The molecule has 5 nitrogen and oxygen atoms in total. The molecule has 0 N–H and O–H groups in total. The Labute approximate surface area is 89.0 Å². The zero-order chi connectivity index (χ0) is 10.8. The van der Waals surface area contributed by atoms with E-state index in [1.807, 2.05) is 0 Å². The summed E-state index contributed by atoms with van der Waals surface area (Å²) in [7, 11) is 1.66. The van der Waals surface area contributed by atoms with E-state index < -0.39 is 0 Å². The van der Waals surface area contributed by atoms with Gasteiger partial charge in [0.25, 0.3) is 0 Å². The van der Waals surface area contributed by atoms with E-state index in [-0.39, 0.29) is 31.0 Å². The third-order valence-corrected chi connectivity index (χ3v) is 2.93. The number of rotatable bonds is 2. The van der Waals surface area contributed by atoms with Gasteiger partial charge in [0.1, 0.15) is 0 Å². The Morgan fingerprint density at radius 1 is 1.33 bits per heavy atom. The van der Waals surface area contributed by atoms with E-state index >= 15 is 0 Å². The van der Waals surface area contributed by atoms with E-state index in [4.69, 9.17) is 4.74 Å². The average molecular weight is 212 g/mol. The molecule has 0 bridgehead atoms. The number of likely N-dealkylation sites (N-methyl/N-ethyl adjacent to an activating group) is 1. The molecule has 0 aliphatic carbocycles. The Hall–Kier alpha value is -1.10. The normalized spacial score (nSPS) is 27.7. The number of ether oxygens (including phenoxy) is 1. The van der Waals surface area contributed by atoms with E-state index in [0.717, 1.165) is 19.4 Å². The molecule has 2 fully saturated rings. The van der Waals surface area contributed by atoms with Crippen LogP contribution in [0.1, 0.15) is 12.8 Å². The van der Waals surface area contributed by atoms with Gasteiger partial charge >= 0.3 is 0 Å². The summed E-state index contributed by atoms with van der Waals surface area (Å²) in [6.45, 7) is 1.75. The second kappa shape index (κ2) is 4.18. The van der Waals surface area contributed by atoms with Crippen molar-refractivity contribution >= 4 is 11.8 Å². The Kier molecular flexibility index (Phi) is 2.90. The molecular formula is C10H16N2O3. The smallest absolute Gasteiger partial charge is 0.242 e. The summed E-state index contributed by atoms with van der Waals surface area (Å²) in [4.78, 5) is 26.1. The van der Waals surface area contributed by atoms with E-state index in [2.05, 4.69) is 0 Å². The van der Waals surface area contributed by atoms with Crippen LogP contribution in [-0.2, 0) is 14.3 Å². The molecule has 0 aromatic rings. The predicted molar refractivity (Wildman–Crippen MR) is 53.2 cm³/mol. The van der Waals surface area contributed by atoms with Crippen molar-refractivity contribution in [2.75, 3.05) is 33.3 Å². The van der Waals surface area contributed by atoms with Gasteiger partial charge in [-0.05, 0) is 12.8 Å². The van der Waals surface area contributed by atoms with Crippen LogP contribution in [0.5, 0.6) is 0 Å². The Bertz CT molecular complexity index is 274. The van der Waals surface area contributed by atoms with Gasteiger partial charge in [0, 0.05) is 20.2 Å². The van der Waals surface area contributed by atoms with Crippen LogP contribution in [0.3, 0.4) is 0 Å². The van der Waals surface area contributed by atoms with E-state index in [0.29, 0.717) is 6.54 Å². The van der Waals surface area contributed by atoms with Crippen LogP contribution in [0.25, 0.3) is 0 Å². The SMILES string of the molecule is CN1CC(=O)N(CC2CCCO2)CC1=O. The summed E-state index contributed by atoms with van der Waals surface area (Å²) in [6.07, 6.45) is 2.18. The van der Waals surface area contributed by atoms with Crippen molar-refractivity contribution in [3.8, 4) is 0 Å². The summed E-state index contributed by atoms with van der Waals surface area (Å²) in [5, 5.41) is 0. The fraction of sp³-hybridized carbons (Fsp3) is 0.800. The summed E-state index contributed by atoms with van der Waals surface area (Å²) in [6, 6.07) is 0. The molecule has 84 valence electrons. The fourth-order valence-electron chi connectivity index (χ4n) is 1.96. The average Bonchev–Trinajstić information content (AvgIpc) is 2.67. The molecule has 0 aromatic carbocycles. The highest BCUT2D eigenvalue weighted by molar-refractivity contribution is 5.92. The predicted octanol–water partition coefficient (Wildman–Crippen LogP) is -0.534. The first kappa shape index (κ1) is 10.4. The van der Waals surface area contributed by atoms with Crippen molar-refractivity contribution in [1.29, 1.82) is 0 Å². The second-order valence-corrected chi connectivity index (χ2v) is 4.16. The Morgan fingerprint density at radius 3 is 2.80 bits per heavy atom. The Morgan fingerprint density at radius 2 is 2.13 bits per heavy atom. The monoisotopic (exact) mass is 212 g/mol. The van der Waals surface area contributed by atoms with Gasteiger partial charge in [0.05, 0.1) is 19.2 Å². The minimum Gasteiger partial charge on any atom is -0.376 e. The van der Waals surface area contributed by atoms with Crippen molar-refractivity contribution in [3.05, 3.63) is 0 Å². The van der Waals surface area contributed by atoms with Crippen LogP contribution in [0.15, 0.2) is 0 Å². The van der Waals surface area contributed by atoms with Gasteiger partial charge in [0.15, 0.2) is 0 Å². The van der Waals surface area contributed by atoms with Crippen molar-refractivity contribution in [2.45, 2.75) is 18.9 Å². The lowest BCUT2D eigenvalue weighted by Crippen LogP contribution is -2.53. The fourth-order valence-corrected chi connectivity index (χ4v) is 1.96. The number of nitrogens with zero attached hydrogens (tertiary/aromatic N) is 2. The maximum absolute atomic E-state index is 11.6. The zero-order valence-electron chi connectivity index (χ0n) is 8.94. The van der Waals surface area contributed by atoms with Crippen LogP contribution >= 0.6 is 0 Å². The zero-order valence-corrected chi connectivity index (χ0v) is 8.94. The Balaban J connectivity index is 1.90. The first-order chi connectivity index (χ1) is 7.16. The second-order valence-electron chi connectivity index (χ2n) is 4.16. The number of hydrogen-bond donors (Lipinski definition) is 0.